The van der Waals surface area contributed by atoms with Gasteiger partial charge in [0.1, 0.15) is 12.4 Å². The number of piperidine rings is 1. The Morgan fingerprint density at radius 2 is 2.03 bits per heavy atom. The SMILES string of the molecule is O=Cc1cc2c(cc1O)[C@]13CCCCC1[C@H](C2)N(C(=O)OCc1ccccc1)CC3. The van der Waals surface area contributed by atoms with Gasteiger partial charge in [-0.3, -0.25) is 4.79 Å². The van der Waals surface area contributed by atoms with Crippen LogP contribution < -0.4 is 0 Å². The van der Waals surface area contributed by atoms with E-state index in [1.54, 1.807) is 0 Å². The fourth-order valence-corrected chi connectivity index (χ4v) is 6.20. The molecule has 2 bridgehead atoms. The molecule has 1 saturated heterocycles. The first kappa shape index (κ1) is 19.2. The average molecular weight is 405 g/mol. The highest BCUT2D eigenvalue weighted by molar-refractivity contribution is 5.80. The summed E-state index contributed by atoms with van der Waals surface area (Å²) < 4.78 is 5.68. The van der Waals surface area contributed by atoms with Crippen LogP contribution in [0.3, 0.4) is 0 Å². The largest absolute Gasteiger partial charge is 0.507 e. The molecule has 3 atom stereocenters. The van der Waals surface area contributed by atoms with Crippen LogP contribution in [-0.4, -0.2) is 35.0 Å². The van der Waals surface area contributed by atoms with E-state index < -0.39 is 0 Å². The Bertz CT molecular complexity index is 973. The zero-order valence-corrected chi connectivity index (χ0v) is 17.0. The summed E-state index contributed by atoms with van der Waals surface area (Å²) in [6, 6.07) is 13.5. The summed E-state index contributed by atoms with van der Waals surface area (Å²) in [5.74, 6) is 0.448. The minimum atomic E-state index is -0.249. The Balaban J connectivity index is 1.45. The third-order valence-corrected chi connectivity index (χ3v) is 7.55. The van der Waals surface area contributed by atoms with E-state index in [1.807, 2.05) is 47.4 Å². The first-order valence-electron chi connectivity index (χ1n) is 10.9. The Morgan fingerprint density at radius 1 is 1.20 bits per heavy atom. The van der Waals surface area contributed by atoms with Crippen molar-refractivity contribution in [2.24, 2.45) is 5.92 Å². The first-order chi connectivity index (χ1) is 14.6. The molecular formula is C25H27NO4. The molecule has 0 radical (unpaired) electrons. The number of carbonyl (C=O) groups excluding carboxylic acids is 2. The van der Waals surface area contributed by atoms with Crippen LogP contribution in [0.5, 0.6) is 5.75 Å². The number of aldehydes is 1. The fourth-order valence-electron chi connectivity index (χ4n) is 6.20. The van der Waals surface area contributed by atoms with Crippen molar-refractivity contribution in [3.63, 3.8) is 0 Å². The molecule has 2 aromatic carbocycles. The van der Waals surface area contributed by atoms with Crippen molar-refractivity contribution in [3.8, 4) is 5.75 Å². The molecule has 30 heavy (non-hydrogen) atoms. The van der Waals surface area contributed by atoms with Gasteiger partial charge in [-0.25, -0.2) is 4.79 Å². The minimum Gasteiger partial charge on any atom is -0.507 e. The molecule has 1 unspecified atom stereocenters. The number of aromatic hydroxyl groups is 1. The highest BCUT2D eigenvalue weighted by Gasteiger charge is 2.55. The van der Waals surface area contributed by atoms with Gasteiger partial charge in [-0.15, -0.1) is 0 Å². The lowest BCUT2D eigenvalue weighted by Crippen LogP contribution is -2.62. The molecule has 1 N–H and O–H groups in total. The van der Waals surface area contributed by atoms with E-state index in [-0.39, 0.29) is 29.9 Å². The number of likely N-dealkylation sites (tertiary alicyclic amines) is 1. The first-order valence-corrected chi connectivity index (χ1v) is 10.9. The van der Waals surface area contributed by atoms with E-state index >= 15 is 0 Å². The van der Waals surface area contributed by atoms with Crippen LogP contribution in [0.25, 0.3) is 0 Å². The molecule has 2 aromatic rings. The molecule has 3 aliphatic rings. The smallest absolute Gasteiger partial charge is 0.410 e. The van der Waals surface area contributed by atoms with Gasteiger partial charge in [0.05, 0.1) is 5.56 Å². The van der Waals surface area contributed by atoms with Crippen LogP contribution in [0.4, 0.5) is 4.79 Å². The predicted octanol–water partition coefficient (Wildman–Crippen LogP) is 4.60. The second kappa shape index (κ2) is 7.46. The van der Waals surface area contributed by atoms with Crippen molar-refractivity contribution in [2.45, 2.75) is 56.6 Å². The summed E-state index contributed by atoms with van der Waals surface area (Å²) in [4.78, 5) is 26.4. The molecule has 5 nitrogen and oxygen atoms in total. The van der Waals surface area contributed by atoms with Gasteiger partial charge in [-0.2, -0.15) is 0 Å². The number of amides is 1. The van der Waals surface area contributed by atoms with Crippen LogP contribution in [0.2, 0.25) is 0 Å². The number of hydrogen-bond donors (Lipinski definition) is 1. The van der Waals surface area contributed by atoms with Crippen LogP contribution in [0, 0.1) is 5.92 Å². The van der Waals surface area contributed by atoms with E-state index in [0.717, 1.165) is 36.8 Å². The fraction of sp³-hybridized carbons (Fsp3) is 0.440. The summed E-state index contributed by atoms with van der Waals surface area (Å²) >= 11 is 0. The lowest BCUT2D eigenvalue weighted by molar-refractivity contribution is -0.0137. The second-order valence-electron chi connectivity index (χ2n) is 8.95. The van der Waals surface area contributed by atoms with E-state index in [9.17, 15) is 14.7 Å². The summed E-state index contributed by atoms with van der Waals surface area (Å²) in [5, 5.41) is 10.4. The maximum absolute atomic E-state index is 13.0. The maximum atomic E-state index is 13.0. The molecule has 0 spiro atoms. The Morgan fingerprint density at radius 3 is 2.83 bits per heavy atom. The highest BCUT2D eigenvalue weighted by Crippen LogP contribution is 2.56. The Labute approximate surface area is 176 Å². The van der Waals surface area contributed by atoms with Crippen molar-refractivity contribution in [1.29, 1.82) is 0 Å². The van der Waals surface area contributed by atoms with E-state index in [2.05, 4.69) is 0 Å². The lowest BCUT2D eigenvalue weighted by atomic mass is 9.52. The molecule has 2 fully saturated rings. The van der Waals surface area contributed by atoms with Gasteiger partial charge in [0.2, 0.25) is 0 Å². The number of ether oxygens (including phenoxy) is 1. The molecule has 1 aliphatic heterocycles. The average Bonchev–Trinajstić information content (AvgIpc) is 2.78. The summed E-state index contributed by atoms with van der Waals surface area (Å²) in [6.45, 7) is 0.947. The topological polar surface area (TPSA) is 66.8 Å². The molecule has 0 aromatic heterocycles. The summed E-state index contributed by atoms with van der Waals surface area (Å²) in [5.41, 5.74) is 3.60. The van der Waals surface area contributed by atoms with Gasteiger partial charge in [0, 0.05) is 18.0 Å². The normalized spacial score (nSPS) is 27.0. The number of phenolic OH excluding ortho intramolecular Hbond substituents is 1. The van der Waals surface area contributed by atoms with Crippen molar-refractivity contribution in [1.82, 2.24) is 4.90 Å². The molecule has 1 amide bonds. The van der Waals surface area contributed by atoms with E-state index in [1.165, 1.54) is 12.0 Å². The zero-order chi connectivity index (χ0) is 20.7. The lowest BCUT2D eigenvalue weighted by Gasteiger charge is -2.58. The van der Waals surface area contributed by atoms with Crippen molar-refractivity contribution >= 4 is 12.4 Å². The van der Waals surface area contributed by atoms with Crippen LogP contribution >= 0.6 is 0 Å². The third kappa shape index (κ3) is 2.99. The number of fused-ring (bicyclic) bond motifs is 1. The Hall–Kier alpha value is -2.82. The van der Waals surface area contributed by atoms with Gasteiger partial charge in [-0.1, -0.05) is 43.2 Å². The van der Waals surface area contributed by atoms with E-state index in [0.29, 0.717) is 30.7 Å². The Kier molecular flexibility index (Phi) is 4.76. The number of benzene rings is 2. The molecule has 156 valence electrons. The van der Waals surface area contributed by atoms with Crippen LogP contribution in [0.15, 0.2) is 42.5 Å². The van der Waals surface area contributed by atoms with Crippen molar-refractivity contribution < 1.29 is 19.4 Å². The highest BCUT2D eigenvalue weighted by atomic mass is 16.6. The van der Waals surface area contributed by atoms with Crippen LogP contribution in [0.1, 0.15) is 59.2 Å². The standard InChI is InChI=1S/C25H27NO4/c27-15-19-12-18-13-22-20-8-4-5-9-25(20,21(18)14-23(19)28)10-11-26(22)24(29)30-16-17-6-2-1-3-7-17/h1-3,6-7,12,14-15,20,22,28H,4-5,8-11,13,16H2/t20?,22-,25-/m0/s1. The predicted molar refractivity (Wildman–Crippen MR) is 113 cm³/mol. The molecule has 1 saturated carbocycles. The number of nitrogens with zero attached hydrogens (tertiary/aromatic N) is 1. The molecule has 2 aliphatic carbocycles. The summed E-state index contributed by atoms with van der Waals surface area (Å²) in [6.07, 6.45) is 6.55. The third-order valence-electron chi connectivity index (χ3n) is 7.55. The van der Waals surface area contributed by atoms with Gasteiger partial charge < -0.3 is 14.7 Å². The number of carbonyl (C=O) groups is 2. The molecule has 5 heteroatoms. The number of phenols is 1. The zero-order valence-electron chi connectivity index (χ0n) is 17.0. The monoisotopic (exact) mass is 405 g/mol. The minimum absolute atomic E-state index is 0.00833. The quantitative estimate of drug-likeness (QED) is 0.758. The van der Waals surface area contributed by atoms with Gasteiger partial charge in [0.15, 0.2) is 6.29 Å². The van der Waals surface area contributed by atoms with E-state index in [4.69, 9.17) is 4.74 Å². The van der Waals surface area contributed by atoms with Gasteiger partial charge in [0.25, 0.3) is 0 Å². The maximum Gasteiger partial charge on any atom is 0.410 e. The second-order valence-corrected chi connectivity index (χ2v) is 8.95. The van der Waals surface area contributed by atoms with Gasteiger partial charge >= 0.3 is 6.09 Å². The number of hydrogen-bond acceptors (Lipinski definition) is 4. The molecule has 5 rings (SSSR count). The number of rotatable bonds is 3. The van der Waals surface area contributed by atoms with Crippen molar-refractivity contribution in [2.75, 3.05) is 6.54 Å². The molecule has 1 heterocycles. The van der Waals surface area contributed by atoms with Crippen LogP contribution in [-0.2, 0) is 23.2 Å². The summed E-state index contributed by atoms with van der Waals surface area (Å²) in [7, 11) is 0. The van der Waals surface area contributed by atoms with Gasteiger partial charge in [-0.05, 0) is 60.4 Å². The molecular weight excluding hydrogens is 378 g/mol. The van der Waals surface area contributed by atoms with Crippen molar-refractivity contribution in [3.05, 3.63) is 64.7 Å².